The van der Waals surface area contributed by atoms with Gasteiger partial charge in [-0.2, -0.15) is 0 Å². The number of ketones is 1. The number of likely N-dealkylation sites (tertiary alicyclic amines) is 1. The molecule has 1 amide bonds. The quantitative estimate of drug-likeness (QED) is 0.526. The molecule has 1 aromatic carbocycles. The van der Waals surface area contributed by atoms with Gasteiger partial charge in [0.15, 0.2) is 5.78 Å². The molecule has 2 heterocycles. The second-order valence-electron chi connectivity index (χ2n) is 5.93. The van der Waals surface area contributed by atoms with Crippen LogP contribution >= 0.6 is 33.9 Å². The summed E-state index contributed by atoms with van der Waals surface area (Å²) in [7, 11) is 0. The van der Waals surface area contributed by atoms with Gasteiger partial charge in [0.25, 0.3) is 5.91 Å². The number of amides is 1. The van der Waals surface area contributed by atoms with Gasteiger partial charge in [-0.3, -0.25) is 9.59 Å². The summed E-state index contributed by atoms with van der Waals surface area (Å²) in [5.41, 5.74) is 1.19. The van der Waals surface area contributed by atoms with Crippen LogP contribution in [0, 0.1) is 16.3 Å². The van der Waals surface area contributed by atoms with E-state index in [1.807, 2.05) is 22.6 Å². The summed E-state index contributed by atoms with van der Waals surface area (Å²) < 4.78 is 14.9. The molecule has 0 spiro atoms. The summed E-state index contributed by atoms with van der Waals surface area (Å²) in [5.74, 6) is -0.837. The van der Waals surface area contributed by atoms with Crippen LogP contribution in [0.5, 0.6) is 0 Å². The standard InChI is InChI=1S/C17H16FIN2O3S/c1-8-14(17(24)21-6-11(23)7-21)16(25-15(8)9(2)22)20-13-4-3-10(19)5-12(13)18/h3-5,11,20,23H,6-7H2,1-2H3. The Morgan fingerprint density at radius 1 is 1.40 bits per heavy atom. The van der Waals surface area contributed by atoms with Crippen LogP contribution < -0.4 is 5.32 Å². The van der Waals surface area contributed by atoms with Crippen LogP contribution in [0.3, 0.4) is 0 Å². The maximum atomic E-state index is 14.2. The average Bonchev–Trinajstić information content (AvgIpc) is 2.83. The molecule has 1 aliphatic heterocycles. The molecule has 3 rings (SSSR count). The van der Waals surface area contributed by atoms with Gasteiger partial charge in [0.2, 0.25) is 0 Å². The monoisotopic (exact) mass is 474 g/mol. The number of carbonyl (C=O) groups excluding carboxylic acids is 2. The summed E-state index contributed by atoms with van der Waals surface area (Å²) in [4.78, 5) is 26.6. The van der Waals surface area contributed by atoms with E-state index in [1.54, 1.807) is 19.1 Å². The highest BCUT2D eigenvalue weighted by Crippen LogP contribution is 2.37. The molecule has 0 saturated carbocycles. The number of halogens is 2. The number of aliphatic hydroxyl groups is 1. The number of Topliss-reactive ketones (excluding diaryl/α,β-unsaturated/α-hetero) is 1. The molecule has 0 aliphatic carbocycles. The first kappa shape index (κ1) is 18.3. The summed E-state index contributed by atoms with van der Waals surface area (Å²) >= 11 is 3.16. The van der Waals surface area contributed by atoms with Crippen molar-refractivity contribution >= 4 is 56.3 Å². The van der Waals surface area contributed by atoms with Crippen LogP contribution in [-0.2, 0) is 0 Å². The van der Waals surface area contributed by atoms with Crippen LogP contribution in [0.4, 0.5) is 15.1 Å². The summed E-state index contributed by atoms with van der Waals surface area (Å²) in [6.07, 6.45) is -0.514. The Kier molecular flexibility index (Phi) is 5.12. The first-order valence-corrected chi connectivity index (χ1v) is 9.51. The molecule has 0 bridgehead atoms. The molecular formula is C17H16FIN2O3S. The number of nitrogens with zero attached hydrogens (tertiary/aromatic N) is 1. The number of hydrogen-bond donors (Lipinski definition) is 2. The van der Waals surface area contributed by atoms with E-state index in [4.69, 9.17) is 0 Å². The molecule has 1 saturated heterocycles. The number of rotatable bonds is 4. The van der Waals surface area contributed by atoms with Crippen LogP contribution in [0.15, 0.2) is 18.2 Å². The van der Waals surface area contributed by atoms with Crippen molar-refractivity contribution in [2.24, 2.45) is 0 Å². The number of anilines is 2. The largest absolute Gasteiger partial charge is 0.389 e. The zero-order valence-electron chi connectivity index (χ0n) is 13.6. The fourth-order valence-corrected chi connectivity index (χ4v) is 4.25. The van der Waals surface area contributed by atoms with E-state index in [0.717, 1.165) is 14.9 Å². The van der Waals surface area contributed by atoms with Crippen molar-refractivity contribution in [1.29, 1.82) is 0 Å². The summed E-state index contributed by atoms with van der Waals surface area (Å²) in [6.45, 7) is 3.68. The highest BCUT2D eigenvalue weighted by atomic mass is 127. The lowest BCUT2D eigenvalue weighted by Crippen LogP contribution is -2.53. The summed E-state index contributed by atoms with van der Waals surface area (Å²) in [5, 5.41) is 12.8. The second-order valence-corrected chi connectivity index (χ2v) is 8.20. The highest BCUT2D eigenvalue weighted by Gasteiger charge is 2.33. The van der Waals surface area contributed by atoms with Crippen LogP contribution in [0.2, 0.25) is 0 Å². The van der Waals surface area contributed by atoms with Gasteiger partial charge < -0.3 is 15.3 Å². The Balaban J connectivity index is 2.01. The van der Waals surface area contributed by atoms with Gasteiger partial charge in [-0.05, 0) is 60.2 Å². The third kappa shape index (κ3) is 3.56. The molecule has 0 radical (unpaired) electrons. The van der Waals surface area contributed by atoms with Gasteiger partial charge in [-0.15, -0.1) is 11.3 Å². The molecule has 0 atom stereocenters. The van der Waals surface area contributed by atoms with Gasteiger partial charge in [0.1, 0.15) is 10.8 Å². The molecule has 2 N–H and O–H groups in total. The predicted molar refractivity (Wildman–Crippen MR) is 103 cm³/mol. The lowest BCUT2D eigenvalue weighted by Gasteiger charge is -2.36. The molecule has 5 nitrogen and oxygen atoms in total. The maximum Gasteiger partial charge on any atom is 0.257 e. The van der Waals surface area contributed by atoms with Gasteiger partial charge >= 0.3 is 0 Å². The Morgan fingerprint density at radius 3 is 2.64 bits per heavy atom. The lowest BCUT2D eigenvalue weighted by molar-refractivity contribution is 0.00594. The number of β-amino-alcohol motifs (C(OH)–C–C–N with tert-alkyl or cyclic N) is 1. The second kappa shape index (κ2) is 7.00. The van der Waals surface area contributed by atoms with E-state index in [0.29, 0.717) is 21.0 Å². The van der Waals surface area contributed by atoms with E-state index < -0.39 is 11.9 Å². The van der Waals surface area contributed by atoms with Crippen molar-refractivity contribution in [3.63, 3.8) is 0 Å². The zero-order chi connectivity index (χ0) is 18.3. The van der Waals surface area contributed by atoms with E-state index in [1.165, 1.54) is 17.9 Å². The van der Waals surface area contributed by atoms with E-state index in [9.17, 15) is 19.1 Å². The Morgan fingerprint density at radius 2 is 2.08 bits per heavy atom. The maximum absolute atomic E-state index is 14.2. The molecule has 1 aliphatic rings. The van der Waals surface area contributed by atoms with Crippen LogP contribution in [0.25, 0.3) is 0 Å². The van der Waals surface area contributed by atoms with Gasteiger partial charge in [0, 0.05) is 16.7 Å². The predicted octanol–water partition coefficient (Wildman–Crippen LogP) is 3.56. The smallest absolute Gasteiger partial charge is 0.257 e. The zero-order valence-corrected chi connectivity index (χ0v) is 16.6. The Hall–Kier alpha value is -1.52. The third-order valence-corrected chi connectivity index (χ3v) is 5.99. The summed E-state index contributed by atoms with van der Waals surface area (Å²) in [6, 6.07) is 4.75. The molecule has 25 heavy (non-hydrogen) atoms. The Labute approximate surface area is 162 Å². The van der Waals surface area contributed by atoms with Crippen LogP contribution in [0.1, 0.15) is 32.5 Å². The molecule has 8 heteroatoms. The van der Waals surface area contributed by atoms with Crippen molar-refractivity contribution in [3.8, 4) is 0 Å². The van der Waals surface area contributed by atoms with Crippen LogP contribution in [-0.4, -0.2) is 40.9 Å². The number of benzene rings is 1. The molecular weight excluding hydrogens is 458 g/mol. The highest BCUT2D eigenvalue weighted by molar-refractivity contribution is 14.1. The third-order valence-electron chi connectivity index (χ3n) is 4.01. The van der Waals surface area contributed by atoms with E-state index in [-0.39, 0.29) is 30.5 Å². The fourth-order valence-electron chi connectivity index (χ4n) is 2.69. The number of hydrogen-bond acceptors (Lipinski definition) is 5. The Bertz CT molecular complexity index is 862. The van der Waals surface area contributed by atoms with Gasteiger partial charge in [-0.25, -0.2) is 4.39 Å². The minimum Gasteiger partial charge on any atom is -0.389 e. The minimum absolute atomic E-state index is 0.142. The topological polar surface area (TPSA) is 69.6 Å². The van der Waals surface area contributed by atoms with Gasteiger partial charge in [-0.1, -0.05) is 0 Å². The fraction of sp³-hybridized carbons (Fsp3) is 0.294. The van der Waals surface area contributed by atoms with E-state index >= 15 is 0 Å². The van der Waals surface area contributed by atoms with Crippen molar-refractivity contribution in [2.45, 2.75) is 20.0 Å². The SMILES string of the molecule is CC(=O)c1sc(Nc2ccc(I)cc2F)c(C(=O)N2CC(O)C2)c1C. The lowest BCUT2D eigenvalue weighted by atomic mass is 10.1. The average molecular weight is 474 g/mol. The van der Waals surface area contributed by atoms with Crippen molar-refractivity contribution in [2.75, 3.05) is 18.4 Å². The number of carbonyl (C=O) groups is 2. The molecule has 0 unspecified atom stereocenters. The van der Waals surface area contributed by atoms with Crippen molar-refractivity contribution in [3.05, 3.63) is 43.6 Å². The molecule has 2 aromatic rings. The number of nitrogens with one attached hydrogen (secondary N) is 1. The molecule has 1 fully saturated rings. The number of aliphatic hydroxyl groups excluding tert-OH is 1. The first-order valence-electron chi connectivity index (χ1n) is 7.61. The van der Waals surface area contributed by atoms with E-state index in [2.05, 4.69) is 5.32 Å². The molecule has 1 aromatic heterocycles. The normalized spacial score (nSPS) is 14.4. The van der Waals surface area contributed by atoms with Crippen molar-refractivity contribution < 1.29 is 19.1 Å². The molecule has 132 valence electrons. The van der Waals surface area contributed by atoms with Gasteiger partial charge in [0.05, 0.1) is 22.2 Å². The van der Waals surface area contributed by atoms with Crippen molar-refractivity contribution in [1.82, 2.24) is 4.90 Å². The number of thiophene rings is 1. The first-order chi connectivity index (χ1) is 11.8. The minimum atomic E-state index is -0.514.